The van der Waals surface area contributed by atoms with Gasteiger partial charge in [-0.2, -0.15) is 0 Å². The summed E-state index contributed by atoms with van der Waals surface area (Å²) < 4.78 is 6.01. The number of amides is 1. The molecular weight excluding hydrogens is 434 g/mol. The lowest BCUT2D eigenvalue weighted by molar-refractivity contribution is 0.0971. The number of para-hydroxylation sites is 1. The molecule has 0 saturated carbocycles. The van der Waals surface area contributed by atoms with Crippen LogP contribution in [0.5, 0.6) is 0 Å². The van der Waals surface area contributed by atoms with E-state index in [4.69, 9.17) is 16.0 Å². The van der Waals surface area contributed by atoms with E-state index in [1.165, 1.54) is 5.56 Å². The van der Waals surface area contributed by atoms with Crippen molar-refractivity contribution in [2.75, 3.05) is 4.90 Å². The van der Waals surface area contributed by atoms with Crippen LogP contribution in [0.2, 0.25) is 5.02 Å². The summed E-state index contributed by atoms with van der Waals surface area (Å²) >= 11 is 6.41. The van der Waals surface area contributed by atoms with E-state index in [2.05, 4.69) is 32.9 Å². The Morgan fingerprint density at radius 3 is 2.30 bits per heavy atom. The van der Waals surface area contributed by atoms with E-state index in [1.807, 2.05) is 31.2 Å². The number of benzene rings is 3. The number of rotatable bonds is 2. The number of hydrogen-bond donors (Lipinski definition) is 0. The van der Waals surface area contributed by atoms with Crippen LogP contribution in [0, 0.1) is 6.92 Å². The average Bonchev–Trinajstić information content (AvgIpc) is 3.08. The van der Waals surface area contributed by atoms with Gasteiger partial charge < -0.3 is 4.42 Å². The molecule has 33 heavy (non-hydrogen) atoms. The first kappa shape index (κ1) is 21.5. The van der Waals surface area contributed by atoms with E-state index >= 15 is 0 Å². The second kappa shape index (κ2) is 7.60. The molecule has 0 N–H and O–H groups in total. The van der Waals surface area contributed by atoms with E-state index in [9.17, 15) is 9.59 Å². The highest BCUT2D eigenvalue weighted by atomic mass is 35.5. The molecule has 0 spiro atoms. The summed E-state index contributed by atoms with van der Waals surface area (Å²) in [6.07, 6.45) is 0. The number of nitrogens with zero attached hydrogens (tertiary/aromatic N) is 1. The molecule has 0 radical (unpaired) electrons. The van der Waals surface area contributed by atoms with Crippen LogP contribution in [0.4, 0.5) is 5.69 Å². The van der Waals surface area contributed by atoms with Crippen molar-refractivity contribution in [3.8, 4) is 0 Å². The number of fused-ring (bicyclic) bond motifs is 2. The lowest BCUT2D eigenvalue weighted by Crippen LogP contribution is -2.29. The molecule has 0 fully saturated rings. The minimum atomic E-state index is -0.610. The molecule has 5 heteroatoms. The van der Waals surface area contributed by atoms with Crippen molar-refractivity contribution in [2.45, 2.75) is 39.2 Å². The summed E-state index contributed by atoms with van der Waals surface area (Å²) in [7, 11) is 0. The van der Waals surface area contributed by atoms with Crippen LogP contribution < -0.4 is 10.3 Å². The molecule has 1 amide bonds. The molecule has 0 bridgehead atoms. The highest BCUT2D eigenvalue weighted by Crippen LogP contribution is 2.42. The Balaban J connectivity index is 1.77. The summed E-state index contributed by atoms with van der Waals surface area (Å²) in [5, 5.41) is 1.02. The van der Waals surface area contributed by atoms with Crippen LogP contribution in [0.25, 0.3) is 11.0 Å². The zero-order valence-corrected chi connectivity index (χ0v) is 19.7. The lowest BCUT2D eigenvalue weighted by atomic mass is 9.86. The maximum absolute atomic E-state index is 13.6. The van der Waals surface area contributed by atoms with Gasteiger partial charge in [0.05, 0.1) is 17.0 Å². The molecule has 1 aliphatic heterocycles. The minimum absolute atomic E-state index is 0.0126. The molecular formula is C28H24ClNO3. The van der Waals surface area contributed by atoms with Crippen LogP contribution in [0.15, 0.2) is 75.9 Å². The number of carbonyl (C=O) groups is 1. The fourth-order valence-corrected chi connectivity index (χ4v) is 4.57. The third-order valence-corrected chi connectivity index (χ3v) is 6.71. The summed E-state index contributed by atoms with van der Waals surface area (Å²) in [4.78, 5) is 28.9. The normalized spacial score (nSPS) is 15.8. The van der Waals surface area contributed by atoms with E-state index in [1.54, 1.807) is 35.2 Å². The highest BCUT2D eigenvalue weighted by molar-refractivity contribution is 6.31. The molecule has 2 heterocycles. The van der Waals surface area contributed by atoms with Gasteiger partial charge in [-0.1, -0.05) is 74.8 Å². The summed E-state index contributed by atoms with van der Waals surface area (Å²) in [6, 6.07) is 20.0. The quantitative estimate of drug-likeness (QED) is 0.332. The Morgan fingerprint density at radius 2 is 1.64 bits per heavy atom. The molecule has 4 aromatic rings. The molecule has 1 aliphatic rings. The molecule has 3 aromatic carbocycles. The van der Waals surface area contributed by atoms with Gasteiger partial charge in [0, 0.05) is 10.7 Å². The fraction of sp³-hybridized carbons (Fsp3) is 0.214. The molecule has 1 aromatic heterocycles. The molecule has 5 rings (SSSR count). The standard InChI is InChI=1S/C28H24ClNO3/c1-16-9-14-19(15-21(16)29)30-24(17-10-12-18(13-11-17)28(2,3)4)23-25(31)20-7-5-6-8-22(20)33-26(23)27(30)32/h5-15,24H,1-4H3. The maximum Gasteiger partial charge on any atom is 0.295 e. The smallest absolute Gasteiger partial charge is 0.295 e. The first-order valence-corrected chi connectivity index (χ1v) is 11.3. The maximum atomic E-state index is 13.6. The average molecular weight is 458 g/mol. The fourth-order valence-electron chi connectivity index (χ4n) is 4.40. The van der Waals surface area contributed by atoms with Gasteiger partial charge in [-0.3, -0.25) is 14.5 Å². The first-order valence-electron chi connectivity index (χ1n) is 10.9. The Bertz CT molecular complexity index is 1460. The van der Waals surface area contributed by atoms with Gasteiger partial charge in [0.2, 0.25) is 5.76 Å². The zero-order chi connectivity index (χ0) is 23.5. The summed E-state index contributed by atoms with van der Waals surface area (Å²) in [5.41, 5.74) is 4.11. The van der Waals surface area contributed by atoms with Crippen LogP contribution in [-0.4, -0.2) is 5.91 Å². The predicted molar refractivity (Wildman–Crippen MR) is 132 cm³/mol. The van der Waals surface area contributed by atoms with Crippen molar-refractivity contribution in [1.82, 2.24) is 0 Å². The molecule has 166 valence electrons. The Morgan fingerprint density at radius 1 is 0.939 bits per heavy atom. The second-order valence-corrected chi connectivity index (χ2v) is 9.96. The number of aryl methyl sites for hydroxylation is 1. The Labute approximate surface area is 197 Å². The molecule has 4 nitrogen and oxygen atoms in total. The van der Waals surface area contributed by atoms with Crippen molar-refractivity contribution in [2.24, 2.45) is 0 Å². The molecule has 1 unspecified atom stereocenters. The number of carbonyl (C=O) groups excluding carboxylic acids is 1. The van der Waals surface area contributed by atoms with E-state index < -0.39 is 6.04 Å². The van der Waals surface area contributed by atoms with Gasteiger partial charge in [0.1, 0.15) is 5.58 Å². The van der Waals surface area contributed by atoms with Crippen molar-refractivity contribution >= 4 is 34.2 Å². The SMILES string of the molecule is Cc1ccc(N2C(=O)c3oc4ccccc4c(=O)c3C2c2ccc(C(C)(C)C)cc2)cc1Cl. The largest absolute Gasteiger partial charge is 0.450 e. The van der Waals surface area contributed by atoms with Gasteiger partial charge in [0.25, 0.3) is 5.91 Å². The van der Waals surface area contributed by atoms with E-state index in [0.717, 1.165) is 11.1 Å². The van der Waals surface area contributed by atoms with E-state index in [-0.39, 0.29) is 22.5 Å². The number of anilines is 1. The third kappa shape index (κ3) is 3.46. The van der Waals surface area contributed by atoms with Crippen molar-refractivity contribution < 1.29 is 9.21 Å². The Kier molecular flexibility index (Phi) is 4.95. The van der Waals surface area contributed by atoms with Gasteiger partial charge in [-0.05, 0) is 53.3 Å². The number of hydrogen-bond acceptors (Lipinski definition) is 3. The second-order valence-electron chi connectivity index (χ2n) is 9.55. The van der Waals surface area contributed by atoms with E-state index in [0.29, 0.717) is 27.2 Å². The van der Waals surface area contributed by atoms with Crippen LogP contribution >= 0.6 is 11.6 Å². The van der Waals surface area contributed by atoms with Crippen LogP contribution in [0.1, 0.15) is 59.6 Å². The van der Waals surface area contributed by atoms with Gasteiger partial charge in [0.15, 0.2) is 5.43 Å². The summed E-state index contributed by atoms with van der Waals surface area (Å²) in [6.45, 7) is 8.36. The topological polar surface area (TPSA) is 50.5 Å². The van der Waals surface area contributed by atoms with Crippen LogP contribution in [-0.2, 0) is 5.41 Å². The lowest BCUT2D eigenvalue weighted by Gasteiger charge is -2.26. The molecule has 1 atom stereocenters. The highest BCUT2D eigenvalue weighted by Gasteiger charge is 2.43. The predicted octanol–water partition coefficient (Wildman–Crippen LogP) is 6.80. The Hall–Kier alpha value is -3.37. The first-order chi connectivity index (χ1) is 15.7. The van der Waals surface area contributed by atoms with Gasteiger partial charge >= 0.3 is 0 Å². The molecule has 0 aliphatic carbocycles. The minimum Gasteiger partial charge on any atom is -0.450 e. The number of halogens is 1. The van der Waals surface area contributed by atoms with Crippen molar-refractivity contribution in [1.29, 1.82) is 0 Å². The third-order valence-electron chi connectivity index (χ3n) is 6.30. The monoisotopic (exact) mass is 457 g/mol. The van der Waals surface area contributed by atoms with Gasteiger partial charge in [-0.15, -0.1) is 0 Å². The zero-order valence-electron chi connectivity index (χ0n) is 19.0. The molecule has 0 saturated heterocycles. The van der Waals surface area contributed by atoms with Crippen LogP contribution in [0.3, 0.4) is 0 Å². The van der Waals surface area contributed by atoms with Crippen molar-refractivity contribution in [3.05, 3.63) is 110 Å². The van der Waals surface area contributed by atoms with Gasteiger partial charge in [-0.25, -0.2) is 0 Å². The summed E-state index contributed by atoms with van der Waals surface area (Å²) in [5.74, 6) is -0.266. The van der Waals surface area contributed by atoms with Crippen molar-refractivity contribution in [3.63, 3.8) is 0 Å².